The maximum Gasteiger partial charge on any atom is 0.216 e. The van der Waals surface area contributed by atoms with E-state index in [1.165, 1.54) is 0 Å². The van der Waals surface area contributed by atoms with Crippen LogP contribution in [-0.2, 0) is 9.53 Å². The Morgan fingerprint density at radius 3 is 2.71 bits per heavy atom. The lowest BCUT2D eigenvalue weighted by atomic mass is 9.97. The summed E-state index contributed by atoms with van der Waals surface area (Å²) in [6.07, 6.45) is 2.28. The van der Waals surface area contributed by atoms with Crippen LogP contribution in [0.5, 0.6) is 0 Å². The maximum atomic E-state index is 10.8. The first-order valence-corrected chi connectivity index (χ1v) is 6.37. The first-order valence-electron chi connectivity index (χ1n) is 6.37. The van der Waals surface area contributed by atoms with Crippen molar-refractivity contribution in [2.45, 2.75) is 19.8 Å². The standard InChI is InChI=1S/C12H24N2O3/c1-11(16)13-10-12-2-4-14(5-3-12)6-8-17-9-7-15/h12,15H,2-10H2,1H3,(H,13,16). The Balaban J connectivity index is 2.03. The van der Waals surface area contributed by atoms with E-state index in [9.17, 15) is 4.79 Å². The fraction of sp³-hybridized carbons (Fsp3) is 0.917. The van der Waals surface area contributed by atoms with Crippen molar-refractivity contribution < 1.29 is 14.6 Å². The number of piperidine rings is 1. The fourth-order valence-electron chi connectivity index (χ4n) is 2.06. The van der Waals surface area contributed by atoms with Crippen molar-refractivity contribution in [2.24, 2.45) is 5.92 Å². The monoisotopic (exact) mass is 244 g/mol. The molecule has 5 nitrogen and oxygen atoms in total. The van der Waals surface area contributed by atoms with Crippen LogP contribution in [0.2, 0.25) is 0 Å². The number of nitrogens with zero attached hydrogens (tertiary/aromatic N) is 1. The molecule has 1 amide bonds. The minimum Gasteiger partial charge on any atom is -0.394 e. The molecule has 1 fully saturated rings. The molecule has 0 saturated carbocycles. The zero-order chi connectivity index (χ0) is 12.5. The molecule has 0 atom stereocenters. The van der Waals surface area contributed by atoms with Crippen molar-refractivity contribution in [3.63, 3.8) is 0 Å². The lowest BCUT2D eigenvalue weighted by Crippen LogP contribution is -2.39. The number of amides is 1. The molecule has 1 aliphatic rings. The minimum atomic E-state index is 0.0600. The average molecular weight is 244 g/mol. The molecule has 0 aliphatic carbocycles. The van der Waals surface area contributed by atoms with Crippen LogP contribution < -0.4 is 5.32 Å². The second kappa shape index (κ2) is 8.44. The predicted octanol–water partition coefficient (Wildman–Crippen LogP) is -0.157. The molecule has 17 heavy (non-hydrogen) atoms. The molecular formula is C12H24N2O3. The Morgan fingerprint density at radius 1 is 1.41 bits per heavy atom. The molecule has 0 radical (unpaired) electrons. The summed E-state index contributed by atoms with van der Waals surface area (Å²) < 4.78 is 5.24. The molecule has 100 valence electrons. The summed E-state index contributed by atoms with van der Waals surface area (Å²) in [4.78, 5) is 13.2. The van der Waals surface area contributed by atoms with Crippen LogP contribution in [0.25, 0.3) is 0 Å². The number of hydrogen-bond donors (Lipinski definition) is 2. The van der Waals surface area contributed by atoms with E-state index in [1.54, 1.807) is 6.92 Å². The summed E-state index contributed by atoms with van der Waals surface area (Å²) in [7, 11) is 0. The quantitative estimate of drug-likeness (QED) is 0.611. The van der Waals surface area contributed by atoms with Crippen LogP contribution in [0.3, 0.4) is 0 Å². The van der Waals surface area contributed by atoms with Crippen LogP contribution in [0.1, 0.15) is 19.8 Å². The third kappa shape index (κ3) is 6.61. The number of hydrogen-bond acceptors (Lipinski definition) is 4. The highest BCUT2D eigenvalue weighted by Gasteiger charge is 2.18. The van der Waals surface area contributed by atoms with Gasteiger partial charge in [0.25, 0.3) is 0 Å². The highest BCUT2D eigenvalue weighted by molar-refractivity contribution is 5.72. The summed E-state index contributed by atoms with van der Waals surface area (Å²) >= 11 is 0. The van der Waals surface area contributed by atoms with E-state index in [4.69, 9.17) is 9.84 Å². The maximum absolute atomic E-state index is 10.8. The summed E-state index contributed by atoms with van der Waals surface area (Å²) in [5, 5.41) is 11.4. The van der Waals surface area contributed by atoms with Gasteiger partial charge in [0.05, 0.1) is 19.8 Å². The van der Waals surface area contributed by atoms with Gasteiger partial charge in [0.2, 0.25) is 5.91 Å². The van der Waals surface area contributed by atoms with Gasteiger partial charge in [-0.1, -0.05) is 0 Å². The van der Waals surface area contributed by atoms with E-state index >= 15 is 0 Å². The number of carbonyl (C=O) groups is 1. The summed E-state index contributed by atoms with van der Waals surface area (Å²) in [6.45, 7) is 6.68. The van der Waals surface area contributed by atoms with Crippen molar-refractivity contribution in [1.82, 2.24) is 10.2 Å². The van der Waals surface area contributed by atoms with Crippen LogP contribution >= 0.6 is 0 Å². The SMILES string of the molecule is CC(=O)NCC1CCN(CCOCCO)CC1. The highest BCUT2D eigenvalue weighted by atomic mass is 16.5. The largest absolute Gasteiger partial charge is 0.394 e. The Bertz CT molecular complexity index is 216. The van der Waals surface area contributed by atoms with Crippen LogP contribution in [0.4, 0.5) is 0 Å². The van der Waals surface area contributed by atoms with Crippen LogP contribution in [0.15, 0.2) is 0 Å². The van der Waals surface area contributed by atoms with E-state index in [0.29, 0.717) is 19.1 Å². The van der Waals surface area contributed by atoms with Gasteiger partial charge in [-0.2, -0.15) is 0 Å². The molecule has 1 rings (SSSR count). The Kier molecular flexibility index (Phi) is 7.16. The third-order valence-corrected chi connectivity index (χ3v) is 3.13. The van der Waals surface area contributed by atoms with Gasteiger partial charge in [0.1, 0.15) is 0 Å². The Morgan fingerprint density at radius 2 is 2.12 bits per heavy atom. The summed E-state index contributed by atoms with van der Waals surface area (Å²) in [6, 6.07) is 0. The zero-order valence-electron chi connectivity index (χ0n) is 10.7. The lowest BCUT2D eigenvalue weighted by Gasteiger charge is -2.31. The smallest absolute Gasteiger partial charge is 0.216 e. The van der Waals surface area contributed by atoms with Gasteiger partial charge in [-0.25, -0.2) is 0 Å². The van der Waals surface area contributed by atoms with Gasteiger partial charge in [-0.15, -0.1) is 0 Å². The van der Waals surface area contributed by atoms with E-state index < -0.39 is 0 Å². The number of carbonyl (C=O) groups excluding carboxylic acids is 1. The van der Waals surface area contributed by atoms with Gasteiger partial charge in [-0.05, 0) is 31.8 Å². The molecule has 1 saturated heterocycles. The van der Waals surface area contributed by atoms with Crippen molar-refractivity contribution in [3.8, 4) is 0 Å². The number of aliphatic hydroxyl groups is 1. The normalized spacial score (nSPS) is 18.2. The highest BCUT2D eigenvalue weighted by Crippen LogP contribution is 2.15. The molecule has 0 spiro atoms. The van der Waals surface area contributed by atoms with Crippen LogP contribution in [0, 0.1) is 5.92 Å². The molecule has 1 heterocycles. The molecule has 0 aromatic rings. The fourth-order valence-corrected chi connectivity index (χ4v) is 2.06. The summed E-state index contributed by atoms with van der Waals surface area (Å²) in [5.74, 6) is 0.679. The number of rotatable bonds is 7. The number of ether oxygens (including phenoxy) is 1. The van der Waals surface area contributed by atoms with E-state index in [0.717, 1.165) is 39.0 Å². The third-order valence-electron chi connectivity index (χ3n) is 3.13. The topological polar surface area (TPSA) is 61.8 Å². The first kappa shape index (κ1) is 14.4. The van der Waals surface area contributed by atoms with E-state index in [2.05, 4.69) is 10.2 Å². The lowest BCUT2D eigenvalue weighted by molar-refractivity contribution is -0.119. The number of nitrogens with one attached hydrogen (secondary N) is 1. The van der Waals surface area contributed by atoms with Crippen molar-refractivity contribution in [2.75, 3.05) is 46.0 Å². The molecule has 1 aliphatic heterocycles. The second-order valence-corrected chi connectivity index (χ2v) is 4.56. The molecular weight excluding hydrogens is 220 g/mol. The summed E-state index contributed by atoms with van der Waals surface area (Å²) in [5.41, 5.74) is 0. The molecule has 5 heteroatoms. The zero-order valence-corrected chi connectivity index (χ0v) is 10.7. The molecule has 0 bridgehead atoms. The van der Waals surface area contributed by atoms with Crippen LogP contribution in [-0.4, -0.2) is 61.9 Å². The number of aliphatic hydroxyl groups excluding tert-OH is 1. The Hall–Kier alpha value is -0.650. The van der Waals surface area contributed by atoms with Gasteiger partial charge in [0.15, 0.2) is 0 Å². The second-order valence-electron chi connectivity index (χ2n) is 4.56. The molecule has 0 aromatic heterocycles. The van der Waals surface area contributed by atoms with Gasteiger partial charge < -0.3 is 20.1 Å². The molecule has 2 N–H and O–H groups in total. The van der Waals surface area contributed by atoms with E-state index in [-0.39, 0.29) is 12.5 Å². The van der Waals surface area contributed by atoms with Crippen molar-refractivity contribution in [3.05, 3.63) is 0 Å². The average Bonchev–Trinajstić information content (AvgIpc) is 2.33. The van der Waals surface area contributed by atoms with Crippen molar-refractivity contribution in [1.29, 1.82) is 0 Å². The first-order chi connectivity index (χ1) is 8.22. The molecule has 0 unspecified atom stereocenters. The predicted molar refractivity (Wildman–Crippen MR) is 65.8 cm³/mol. The molecule has 0 aromatic carbocycles. The Labute approximate surface area is 103 Å². The minimum absolute atomic E-state index is 0.0600. The van der Waals surface area contributed by atoms with Gasteiger partial charge in [-0.3, -0.25) is 4.79 Å². The number of likely N-dealkylation sites (tertiary alicyclic amines) is 1. The van der Waals surface area contributed by atoms with Gasteiger partial charge in [0, 0.05) is 20.0 Å². The van der Waals surface area contributed by atoms with E-state index in [1.807, 2.05) is 0 Å². The van der Waals surface area contributed by atoms with Crippen molar-refractivity contribution >= 4 is 5.91 Å². The van der Waals surface area contributed by atoms with Gasteiger partial charge >= 0.3 is 0 Å².